The highest BCUT2D eigenvalue weighted by atomic mass is 16.5. The maximum Gasteiger partial charge on any atom is 0.335 e. The lowest BCUT2D eigenvalue weighted by atomic mass is 9.91. The quantitative estimate of drug-likeness (QED) is 0.749. The first kappa shape index (κ1) is 19.9. The third-order valence-electron chi connectivity index (χ3n) is 5.45. The lowest BCUT2D eigenvalue weighted by Crippen LogP contribution is -2.52. The summed E-state index contributed by atoms with van der Waals surface area (Å²) in [7, 11) is 3.03. The molecule has 2 amide bonds. The molecule has 2 N–H and O–H groups in total. The van der Waals surface area contributed by atoms with Crippen LogP contribution in [-0.2, 0) is 14.4 Å². The molecule has 0 saturated carbocycles. The molecule has 2 saturated heterocycles. The van der Waals surface area contributed by atoms with Crippen molar-refractivity contribution in [1.82, 2.24) is 4.90 Å². The molecule has 9 heteroatoms. The van der Waals surface area contributed by atoms with Gasteiger partial charge in [-0.15, -0.1) is 0 Å². The molecule has 2 aliphatic heterocycles. The number of likely N-dealkylation sites (tertiary alicyclic amines) is 1. The van der Waals surface area contributed by atoms with Gasteiger partial charge in [-0.25, -0.2) is 4.79 Å². The second-order valence-corrected chi connectivity index (χ2v) is 7.11. The monoisotopic (exact) mass is 392 g/mol. The van der Waals surface area contributed by atoms with Crippen molar-refractivity contribution in [3.05, 3.63) is 18.2 Å². The average Bonchev–Trinajstić information content (AvgIpc) is 3.08. The Balaban J connectivity index is 1.70. The van der Waals surface area contributed by atoms with E-state index >= 15 is 0 Å². The van der Waals surface area contributed by atoms with Crippen molar-refractivity contribution in [2.45, 2.75) is 24.9 Å². The number of amides is 2. The van der Waals surface area contributed by atoms with Gasteiger partial charge in [0, 0.05) is 45.0 Å². The number of carbonyl (C=O) groups is 3. The maximum atomic E-state index is 12.8. The number of ether oxygens (including phenoxy) is 2. The Labute approximate surface area is 162 Å². The highest BCUT2D eigenvalue weighted by molar-refractivity contribution is 6.01. The number of hydrogen-bond acceptors (Lipinski definition) is 6. The number of anilines is 1. The predicted molar refractivity (Wildman–Crippen MR) is 98.4 cm³/mol. The van der Waals surface area contributed by atoms with E-state index in [0.29, 0.717) is 17.2 Å². The molecular weight excluding hydrogens is 368 g/mol. The summed E-state index contributed by atoms with van der Waals surface area (Å²) in [5, 5.41) is 19.1. The molecule has 2 heterocycles. The Morgan fingerprint density at radius 2 is 1.86 bits per heavy atom. The van der Waals surface area contributed by atoms with Crippen LogP contribution in [0.3, 0.4) is 0 Å². The van der Waals surface area contributed by atoms with Gasteiger partial charge < -0.3 is 29.5 Å². The number of benzene rings is 1. The smallest absolute Gasteiger partial charge is 0.335 e. The predicted octanol–water partition coefficient (Wildman–Crippen LogP) is 0.495. The topological polar surface area (TPSA) is 117 Å². The third-order valence-corrected chi connectivity index (χ3v) is 5.45. The third kappa shape index (κ3) is 3.62. The van der Waals surface area contributed by atoms with Crippen molar-refractivity contribution in [3.8, 4) is 11.5 Å². The van der Waals surface area contributed by atoms with Gasteiger partial charge in [0.05, 0.1) is 25.8 Å². The number of nitrogens with zero attached hydrogens (tertiary/aromatic N) is 2. The molecule has 0 aliphatic carbocycles. The second kappa shape index (κ2) is 7.67. The fourth-order valence-corrected chi connectivity index (χ4v) is 3.68. The molecule has 1 unspecified atom stereocenters. The Hall–Kier alpha value is -2.81. The average molecular weight is 392 g/mol. The van der Waals surface area contributed by atoms with E-state index in [-0.39, 0.29) is 50.7 Å². The number of carboxylic acids is 1. The highest BCUT2D eigenvalue weighted by Gasteiger charge is 2.43. The van der Waals surface area contributed by atoms with Crippen LogP contribution in [0.15, 0.2) is 18.2 Å². The number of methoxy groups -OCH3 is 2. The molecule has 152 valence electrons. The van der Waals surface area contributed by atoms with Crippen LogP contribution in [0, 0.1) is 5.92 Å². The van der Waals surface area contributed by atoms with Crippen molar-refractivity contribution in [3.63, 3.8) is 0 Å². The number of carboxylic acid groups (broad SMARTS) is 1. The molecule has 1 atom stereocenters. The van der Waals surface area contributed by atoms with Crippen LogP contribution in [0.1, 0.15) is 19.3 Å². The van der Waals surface area contributed by atoms with Gasteiger partial charge in [0.25, 0.3) is 0 Å². The van der Waals surface area contributed by atoms with Crippen LogP contribution >= 0.6 is 0 Å². The number of aliphatic hydroxyl groups is 1. The lowest BCUT2D eigenvalue weighted by Gasteiger charge is -2.36. The molecule has 9 nitrogen and oxygen atoms in total. The number of piperidine rings is 1. The highest BCUT2D eigenvalue weighted by Crippen LogP contribution is 2.36. The van der Waals surface area contributed by atoms with Gasteiger partial charge in [-0.2, -0.15) is 0 Å². The van der Waals surface area contributed by atoms with Crippen molar-refractivity contribution in [2.75, 3.05) is 38.8 Å². The minimum Gasteiger partial charge on any atom is -0.497 e. The van der Waals surface area contributed by atoms with Crippen molar-refractivity contribution >= 4 is 23.5 Å². The second-order valence-electron chi connectivity index (χ2n) is 7.11. The van der Waals surface area contributed by atoms with Crippen LogP contribution in [0.25, 0.3) is 0 Å². The molecule has 1 aromatic rings. The molecule has 0 radical (unpaired) electrons. The van der Waals surface area contributed by atoms with Crippen molar-refractivity contribution in [2.24, 2.45) is 5.92 Å². The Kier molecular flexibility index (Phi) is 5.46. The first-order chi connectivity index (χ1) is 13.3. The number of rotatable bonds is 5. The summed E-state index contributed by atoms with van der Waals surface area (Å²) in [4.78, 5) is 39.6. The van der Waals surface area contributed by atoms with E-state index in [4.69, 9.17) is 14.6 Å². The molecule has 0 spiro atoms. The summed E-state index contributed by atoms with van der Waals surface area (Å²) in [6.45, 7) is 0.524. The number of hydrogen-bond donors (Lipinski definition) is 2. The summed E-state index contributed by atoms with van der Waals surface area (Å²) < 4.78 is 10.5. The van der Waals surface area contributed by atoms with Crippen molar-refractivity contribution in [1.29, 1.82) is 0 Å². The van der Waals surface area contributed by atoms with Gasteiger partial charge in [0.1, 0.15) is 11.5 Å². The van der Waals surface area contributed by atoms with Crippen LogP contribution < -0.4 is 14.4 Å². The molecular formula is C19H24N2O7. The zero-order valence-electron chi connectivity index (χ0n) is 15.9. The van der Waals surface area contributed by atoms with E-state index in [1.165, 1.54) is 24.0 Å². The van der Waals surface area contributed by atoms with Gasteiger partial charge in [-0.05, 0) is 12.1 Å². The summed E-state index contributed by atoms with van der Waals surface area (Å²) in [6, 6.07) is 5.11. The zero-order valence-corrected chi connectivity index (χ0v) is 15.9. The number of aliphatic carboxylic acids is 1. The van der Waals surface area contributed by atoms with E-state index in [0.717, 1.165) is 0 Å². The van der Waals surface area contributed by atoms with Crippen LogP contribution in [0.2, 0.25) is 0 Å². The Morgan fingerprint density at radius 3 is 2.43 bits per heavy atom. The van der Waals surface area contributed by atoms with Gasteiger partial charge in [-0.3, -0.25) is 9.59 Å². The standard InChI is InChI=1S/C19H24N2O7/c1-27-13-3-4-14(15(10-13)28-2)21-11-12(9-16(21)22)17(23)20-7-5-19(26,6-8-20)18(24)25/h3-4,10,12,26H,5-9,11H2,1-2H3,(H,24,25). The first-order valence-electron chi connectivity index (χ1n) is 9.06. The van der Waals surface area contributed by atoms with Gasteiger partial charge in [0.15, 0.2) is 5.60 Å². The van der Waals surface area contributed by atoms with Crippen molar-refractivity contribution < 1.29 is 34.1 Å². The van der Waals surface area contributed by atoms with Crippen LogP contribution in [0.5, 0.6) is 11.5 Å². The van der Waals surface area contributed by atoms with E-state index in [2.05, 4.69) is 0 Å². The summed E-state index contributed by atoms with van der Waals surface area (Å²) in [6.07, 6.45) is 0.0310. The van der Waals surface area contributed by atoms with Gasteiger partial charge >= 0.3 is 5.97 Å². The fourth-order valence-electron chi connectivity index (χ4n) is 3.68. The summed E-state index contributed by atoms with van der Waals surface area (Å²) >= 11 is 0. The Bertz CT molecular complexity index is 786. The first-order valence-corrected chi connectivity index (χ1v) is 9.06. The number of carbonyl (C=O) groups excluding carboxylic acids is 2. The molecule has 2 aliphatic rings. The molecule has 3 rings (SSSR count). The largest absolute Gasteiger partial charge is 0.497 e. The molecule has 1 aromatic carbocycles. The lowest BCUT2D eigenvalue weighted by molar-refractivity contribution is -0.165. The van der Waals surface area contributed by atoms with Gasteiger partial charge in [-0.1, -0.05) is 0 Å². The minimum absolute atomic E-state index is 0.0231. The molecule has 28 heavy (non-hydrogen) atoms. The zero-order chi connectivity index (χ0) is 20.5. The maximum absolute atomic E-state index is 12.8. The van der Waals surface area contributed by atoms with E-state index in [1.54, 1.807) is 18.2 Å². The summed E-state index contributed by atoms with van der Waals surface area (Å²) in [5.41, 5.74) is -1.22. The van der Waals surface area contributed by atoms with E-state index < -0.39 is 17.5 Å². The fraction of sp³-hybridized carbons (Fsp3) is 0.526. The molecule has 2 fully saturated rings. The molecule has 0 aromatic heterocycles. The normalized spacial score (nSPS) is 21.5. The minimum atomic E-state index is -1.79. The van der Waals surface area contributed by atoms with Gasteiger partial charge in [0.2, 0.25) is 11.8 Å². The van der Waals surface area contributed by atoms with Crippen LogP contribution in [-0.4, -0.2) is 72.4 Å². The van der Waals surface area contributed by atoms with E-state index in [1.807, 2.05) is 0 Å². The van der Waals surface area contributed by atoms with Crippen LogP contribution in [0.4, 0.5) is 5.69 Å². The molecule has 0 bridgehead atoms. The Morgan fingerprint density at radius 1 is 1.18 bits per heavy atom. The van der Waals surface area contributed by atoms with E-state index in [9.17, 15) is 19.5 Å². The SMILES string of the molecule is COc1ccc(N2CC(C(=O)N3CCC(O)(C(=O)O)CC3)CC2=O)c(OC)c1. The summed E-state index contributed by atoms with van der Waals surface area (Å²) in [5.74, 6) is -1.09.